The van der Waals surface area contributed by atoms with Crippen molar-refractivity contribution in [2.24, 2.45) is 10.4 Å². The van der Waals surface area contributed by atoms with Crippen LogP contribution in [0.5, 0.6) is 0 Å². The van der Waals surface area contributed by atoms with Gasteiger partial charge in [0.05, 0.1) is 26.3 Å². The molecule has 7 nitrogen and oxygen atoms in total. The summed E-state index contributed by atoms with van der Waals surface area (Å²) in [5, 5.41) is 6.84. The molecule has 0 atom stereocenters. The van der Waals surface area contributed by atoms with Gasteiger partial charge in [-0.15, -0.1) is 0 Å². The second kappa shape index (κ2) is 12.1. The normalized spacial score (nSPS) is 19.6. The van der Waals surface area contributed by atoms with Gasteiger partial charge >= 0.3 is 0 Å². The molecule has 0 radical (unpaired) electrons. The van der Waals surface area contributed by atoms with E-state index < -0.39 is 0 Å². The van der Waals surface area contributed by atoms with Crippen molar-refractivity contribution < 1.29 is 9.53 Å². The molecule has 0 bridgehead atoms. The Bertz CT molecular complexity index is 695. The number of benzene rings is 1. The molecule has 1 aromatic carbocycles. The molecule has 1 heterocycles. The van der Waals surface area contributed by atoms with Crippen LogP contribution in [0.2, 0.25) is 0 Å². The molecule has 2 fully saturated rings. The smallest absolute Gasteiger partial charge is 0.241 e. The summed E-state index contributed by atoms with van der Waals surface area (Å²) in [5.74, 6) is 0.751. The largest absolute Gasteiger partial charge is 0.379 e. The number of hydrogen-bond donors (Lipinski definition) is 2. The van der Waals surface area contributed by atoms with Gasteiger partial charge in [-0.1, -0.05) is 49.6 Å². The van der Waals surface area contributed by atoms with Crippen molar-refractivity contribution in [3.8, 4) is 0 Å². The lowest BCUT2D eigenvalue weighted by Crippen LogP contribution is -2.51. The van der Waals surface area contributed by atoms with Crippen LogP contribution in [0, 0.1) is 5.41 Å². The fourth-order valence-electron chi connectivity index (χ4n) is 4.44. The van der Waals surface area contributed by atoms with Crippen molar-refractivity contribution in [1.29, 1.82) is 0 Å². The summed E-state index contributed by atoms with van der Waals surface area (Å²) in [5.41, 5.74) is 1.40. The van der Waals surface area contributed by atoms with E-state index in [9.17, 15) is 4.79 Å². The molecule has 1 amide bonds. The summed E-state index contributed by atoms with van der Waals surface area (Å²) in [6.07, 6.45) is 6.37. The summed E-state index contributed by atoms with van der Waals surface area (Å²) >= 11 is 0. The number of carbonyl (C=O) groups is 1. The van der Waals surface area contributed by atoms with Gasteiger partial charge in [0.15, 0.2) is 5.96 Å². The van der Waals surface area contributed by atoms with Crippen molar-refractivity contribution in [1.82, 2.24) is 20.4 Å². The standard InChI is InChI=1S/C24H39N5O2/c1-28(2)22(30)18-26-23(25-17-21-9-5-3-6-10-21)27-19-24(11-7-4-8-12-24)20-29-13-15-31-16-14-29/h3,5-6,9-10H,4,7-8,11-20H2,1-2H3,(H2,25,26,27). The molecule has 7 heteroatoms. The van der Waals surface area contributed by atoms with E-state index in [1.54, 1.807) is 19.0 Å². The Morgan fingerprint density at radius 2 is 1.81 bits per heavy atom. The van der Waals surface area contributed by atoms with E-state index in [2.05, 4.69) is 27.7 Å². The fraction of sp³-hybridized carbons (Fsp3) is 0.667. The van der Waals surface area contributed by atoms with E-state index >= 15 is 0 Å². The SMILES string of the molecule is CN(C)C(=O)CNC(=NCc1ccccc1)NCC1(CN2CCOCC2)CCCCC1. The molecule has 1 aromatic rings. The van der Waals surface area contributed by atoms with Crippen LogP contribution in [0.15, 0.2) is 35.3 Å². The molecule has 172 valence electrons. The average Bonchev–Trinajstić information content (AvgIpc) is 2.80. The van der Waals surface area contributed by atoms with Gasteiger partial charge in [-0.3, -0.25) is 9.69 Å². The highest BCUT2D eigenvalue weighted by atomic mass is 16.5. The second-order valence-corrected chi connectivity index (χ2v) is 9.09. The van der Waals surface area contributed by atoms with Gasteiger partial charge in [0, 0.05) is 45.7 Å². The first-order valence-electron chi connectivity index (χ1n) is 11.6. The lowest BCUT2D eigenvalue weighted by Gasteiger charge is -2.42. The molecule has 2 N–H and O–H groups in total. The molecule has 1 aliphatic carbocycles. The maximum absolute atomic E-state index is 12.1. The predicted octanol–water partition coefficient (Wildman–Crippen LogP) is 2.09. The first-order chi connectivity index (χ1) is 15.1. The number of rotatable bonds is 8. The fourth-order valence-corrected chi connectivity index (χ4v) is 4.44. The van der Waals surface area contributed by atoms with E-state index in [1.165, 1.54) is 32.1 Å². The number of guanidine groups is 1. The third-order valence-electron chi connectivity index (χ3n) is 6.38. The van der Waals surface area contributed by atoms with E-state index in [0.29, 0.717) is 12.5 Å². The highest BCUT2D eigenvalue weighted by molar-refractivity contribution is 5.86. The number of aliphatic imine (C=N–C) groups is 1. The maximum atomic E-state index is 12.1. The van der Waals surface area contributed by atoms with Crippen LogP contribution >= 0.6 is 0 Å². The summed E-state index contributed by atoms with van der Waals surface area (Å²) in [4.78, 5) is 21.0. The van der Waals surface area contributed by atoms with Crippen LogP contribution in [0.25, 0.3) is 0 Å². The van der Waals surface area contributed by atoms with Crippen LogP contribution in [-0.2, 0) is 16.1 Å². The Morgan fingerprint density at radius 1 is 1.10 bits per heavy atom. The van der Waals surface area contributed by atoms with Crippen molar-refractivity contribution in [2.45, 2.75) is 38.6 Å². The van der Waals surface area contributed by atoms with Crippen LogP contribution < -0.4 is 10.6 Å². The zero-order chi connectivity index (χ0) is 21.9. The topological polar surface area (TPSA) is 69.2 Å². The van der Waals surface area contributed by atoms with Crippen molar-refractivity contribution in [3.63, 3.8) is 0 Å². The zero-order valence-corrected chi connectivity index (χ0v) is 19.2. The number of hydrogen-bond acceptors (Lipinski definition) is 4. The lowest BCUT2D eigenvalue weighted by molar-refractivity contribution is -0.127. The second-order valence-electron chi connectivity index (χ2n) is 9.09. The average molecular weight is 430 g/mol. The van der Waals surface area contributed by atoms with Gasteiger partial charge in [0.25, 0.3) is 0 Å². The Balaban J connectivity index is 1.65. The monoisotopic (exact) mass is 429 g/mol. The molecular formula is C24H39N5O2. The minimum Gasteiger partial charge on any atom is -0.379 e. The number of likely N-dealkylation sites (N-methyl/N-ethyl adjacent to an activating group) is 1. The van der Waals surface area contributed by atoms with Crippen LogP contribution in [0.4, 0.5) is 0 Å². The molecule has 1 aliphatic heterocycles. The Labute approximate surface area is 187 Å². The van der Waals surface area contributed by atoms with Gasteiger partial charge in [0.1, 0.15) is 0 Å². The van der Waals surface area contributed by atoms with Crippen molar-refractivity contribution in [2.75, 3.05) is 60.0 Å². The van der Waals surface area contributed by atoms with Crippen molar-refractivity contribution in [3.05, 3.63) is 35.9 Å². The van der Waals surface area contributed by atoms with Gasteiger partial charge in [-0.05, 0) is 18.4 Å². The first kappa shape index (κ1) is 23.5. The number of nitrogens with zero attached hydrogens (tertiary/aromatic N) is 3. The van der Waals surface area contributed by atoms with Gasteiger partial charge in [-0.25, -0.2) is 4.99 Å². The summed E-state index contributed by atoms with van der Waals surface area (Å²) in [6, 6.07) is 10.2. The highest BCUT2D eigenvalue weighted by Gasteiger charge is 2.34. The number of ether oxygens (including phenoxy) is 1. The minimum absolute atomic E-state index is 0.0370. The van der Waals surface area contributed by atoms with Gasteiger partial charge in [-0.2, -0.15) is 0 Å². The molecule has 0 unspecified atom stereocenters. The summed E-state index contributed by atoms with van der Waals surface area (Å²) < 4.78 is 5.55. The van der Waals surface area contributed by atoms with E-state index in [4.69, 9.17) is 9.73 Å². The van der Waals surface area contributed by atoms with Gasteiger partial charge in [0.2, 0.25) is 5.91 Å². The number of amides is 1. The molecular weight excluding hydrogens is 390 g/mol. The van der Waals surface area contributed by atoms with Crippen molar-refractivity contribution >= 4 is 11.9 Å². The Kier molecular flexibility index (Phi) is 9.15. The molecule has 31 heavy (non-hydrogen) atoms. The van der Waals surface area contributed by atoms with E-state index in [0.717, 1.165) is 45.0 Å². The Hall–Kier alpha value is -2.12. The lowest BCUT2D eigenvalue weighted by atomic mass is 9.73. The van der Waals surface area contributed by atoms with Crippen LogP contribution in [-0.4, -0.2) is 81.7 Å². The molecule has 1 saturated carbocycles. The quantitative estimate of drug-likeness (QED) is 0.489. The maximum Gasteiger partial charge on any atom is 0.241 e. The van der Waals surface area contributed by atoms with E-state index in [-0.39, 0.29) is 17.9 Å². The van der Waals surface area contributed by atoms with Crippen LogP contribution in [0.1, 0.15) is 37.7 Å². The van der Waals surface area contributed by atoms with Crippen LogP contribution in [0.3, 0.4) is 0 Å². The summed E-state index contributed by atoms with van der Waals surface area (Å²) in [6.45, 7) is 6.52. The van der Waals surface area contributed by atoms with E-state index in [1.807, 2.05) is 18.2 Å². The first-order valence-corrected chi connectivity index (χ1v) is 11.6. The molecule has 0 aromatic heterocycles. The molecule has 0 spiro atoms. The number of nitrogens with one attached hydrogen (secondary N) is 2. The predicted molar refractivity (Wildman–Crippen MR) is 125 cm³/mol. The number of morpholine rings is 1. The number of carbonyl (C=O) groups excluding carboxylic acids is 1. The third-order valence-corrected chi connectivity index (χ3v) is 6.38. The molecule has 1 saturated heterocycles. The third kappa shape index (κ3) is 7.82. The summed E-state index contributed by atoms with van der Waals surface area (Å²) in [7, 11) is 3.55. The highest BCUT2D eigenvalue weighted by Crippen LogP contribution is 2.36. The van der Waals surface area contributed by atoms with Gasteiger partial charge < -0.3 is 20.3 Å². The molecule has 3 rings (SSSR count). The minimum atomic E-state index is 0.0370. The zero-order valence-electron chi connectivity index (χ0n) is 19.2. The molecule has 2 aliphatic rings. The Morgan fingerprint density at radius 3 is 2.48 bits per heavy atom.